The van der Waals surface area contributed by atoms with Crippen molar-refractivity contribution in [1.82, 2.24) is 4.98 Å². The van der Waals surface area contributed by atoms with Gasteiger partial charge in [-0.2, -0.15) is 0 Å². The van der Waals surface area contributed by atoms with Gasteiger partial charge in [-0.3, -0.25) is 0 Å². The second-order valence-electron chi connectivity index (χ2n) is 7.48. The number of cyclic esters (lactones) is 2. The number of aromatic carboxylic acids is 1. The van der Waals surface area contributed by atoms with Crippen molar-refractivity contribution in [1.29, 1.82) is 0 Å². The second-order valence-corrected chi connectivity index (χ2v) is 7.92. The molecule has 32 heavy (non-hydrogen) atoms. The first-order chi connectivity index (χ1) is 15.1. The molecule has 0 saturated carbocycles. The van der Waals surface area contributed by atoms with Crippen LogP contribution in [-0.2, 0) is 19.1 Å². The zero-order valence-electron chi connectivity index (χ0n) is 17.0. The fourth-order valence-electron chi connectivity index (χ4n) is 3.19. The van der Waals surface area contributed by atoms with E-state index in [1.807, 2.05) is 0 Å². The highest BCUT2D eigenvalue weighted by Crippen LogP contribution is 2.28. The first-order valence-electron chi connectivity index (χ1n) is 9.50. The van der Waals surface area contributed by atoms with Crippen molar-refractivity contribution in [2.45, 2.75) is 19.6 Å². The highest BCUT2D eigenvalue weighted by Gasteiger charge is 2.38. The first-order valence-corrected chi connectivity index (χ1v) is 9.88. The van der Waals surface area contributed by atoms with Crippen LogP contribution in [0.2, 0.25) is 5.02 Å². The molecule has 3 aromatic rings. The van der Waals surface area contributed by atoms with E-state index < -0.39 is 23.7 Å². The molecule has 0 aliphatic carbocycles. The van der Waals surface area contributed by atoms with Gasteiger partial charge in [-0.1, -0.05) is 23.7 Å². The summed E-state index contributed by atoms with van der Waals surface area (Å²) in [6.45, 7) is 2.94. The number of benzene rings is 2. The summed E-state index contributed by atoms with van der Waals surface area (Å²) in [5, 5.41) is 13.3. The van der Waals surface area contributed by atoms with E-state index in [9.17, 15) is 19.5 Å². The van der Waals surface area contributed by atoms with Crippen LogP contribution < -0.4 is 5.32 Å². The lowest BCUT2D eigenvalue weighted by Crippen LogP contribution is -2.42. The van der Waals surface area contributed by atoms with Crippen LogP contribution in [-0.4, -0.2) is 33.8 Å². The third-order valence-corrected chi connectivity index (χ3v) is 4.92. The minimum Gasteiger partial charge on any atom is -0.478 e. The highest BCUT2D eigenvalue weighted by atomic mass is 35.5. The Bertz CT molecular complexity index is 1280. The maximum atomic E-state index is 12.0. The topological polar surface area (TPSA) is 115 Å². The number of hydrogen-bond acceptors (Lipinski definition) is 7. The molecule has 1 fully saturated rings. The summed E-state index contributed by atoms with van der Waals surface area (Å²) in [5.41, 5.74) is 2.09. The number of pyridine rings is 1. The average molecular weight is 453 g/mol. The Hall–Kier alpha value is -3.91. The van der Waals surface area contributed by atoms with E-state index in [0.717, 1.165) is 0 Å². The SMILES string of the molecule is CC1(C)OC(=O)C(=CNc2ccc(-c3cc(C(=O)O)c4cc(Cl)ccc4n3)cc2)C(=O)O1. The second kappa shape index (κ2) is 7.97. The van der Waals surface area contributed by atoms with Crippen LogP contribution in [0.3, 0.4) is 0 Å². The molecular formula is C23H17ClN2O6. The molecule has 1 aliphatic rings. The van der Waals surface area contributed by atoms with Gasteiger partial charge >= 0.3 is 17.9 Å². The molecule has 0 bridgehead atoms. The van der Waals surface area contributed by atoms with Crippen LogP contribution in [0.5, 0.6) is 0 Å². The first kappa shape index (κ1) is 21.3. The van der Waals surface area contributed by atoms with Gasteiger partial charge in [0.25, 0.3) is 5.79 Å². The minimum absolute atomic E-state index is 0.0942. The predicted molar refractivity (Wildman–Crippen MR) is 117 cm³/mol. The van der Waals surface area contributed by atoms with E-state index in [1.54, 1.807) is 42.5 Å². The smallest absolute Gasteiger partial charge is 0.350 e. The molecule has 0 spiro atoms. The fourth-order valence-corrected chi connectivity index (χ4v) is 3.37. The average Bonchev–Trinajstić information content (AvgIpc) is 2.72. The number of aromatic nitrogens is 1. The number of carboxylic acids is 1. The lowest BCUT2D eigenvalue weighted by Gasteiger charge is -2.29. The number of esters is 2. The molecule has 2 aromatic carbocycles. The van der Waals surface area contributed by atoms with Gasteiger partial charge in [-0.05, 0) is 36.4 Å². The number of carboxylic acid groups (broad SMARTS) is 1. The van der Waals surface area contributed by atoms with Crippen molar-refractivity contribution in [3.8, 4) is 11.3 Å². The molecular weight excluding hydrogens is 436 g/mol. The summed E-state index contributed by atoms with van der Waals surface area (Å²) in [6.07, 6.45) is 1.22. The van der Waals surface area contributed by atoms with Gasteiger partial charge < -0.3 is 19.9 Å². The Morgan fingerprint density at radius 2 is 1.72 bits per heavy atom. The molecule has 0 amide bonds. The Morgan fingerprint density at radius 3 is 2.34 bits per heavy atom. The van der Waals surface area contributed by atoms with Gasteiger partial charge in [0.2, 0.25) is 0 Å². The van der Waals surface area contributed by atoms with E-state index in [4.69, 9.17) is 21.1 Å². The van der Waals surface area contributed by atoms with Crippen molar-refractivity contribution < 1.29 is 29.0 Å². The van der Waals surface area contributed by atoms with Crippen molar-refractivity contribution in [3.63, 3.8) is 0 Å². The molecule has 0 atom stereocenters. The quantitative estimate of drug-likeness (QED) is 0.340. The molecule has 0 radical (unpaired) electrons. The van der Waals surface area contributed by atoms with Crippen LogP contribution >= 0.6 is 11.6 Å². The van der Waals surface area contributed by atoms with Crippen LogP contribution in [0.4, 0.5) is 5.69 Å². The van der Waals surface area contributed by atoms with Crippen molar-refractivity contribution >= 4 is 46.1 Å². The Morgan fingerprint density at radius 1 is 1.06 bits per heavy atom. The van der Waals surface area contributed by atoms with Gasteiger partial charge in [-0.25, -0.2) is 19.4 Å². The number of rotatable bonds is 4. The molecule has 1 aliphatic heterocycles. The molecule has 8 nitrogen and oxygen atoms in total. The monoisotopic (exact) mass is 452 g/mol. The fraction of sp³-hybridized carbons (Fsp3) is 0.130. The Balaban J connectivity index is 1.60. The standard InChI is InChI=1S/C23H17ClN2O6/c1-23(2)31-21(29)17(22(30)32-23)11-25-14-6-3-12(4-7-14)19-10-16(20(27)28)15-9-13(24)5-8-18(15)26-19/h3-11,25H,1-2H3,(H,27,28). The predicted octanol–water partition coefficient (Wildman–Crippen LogP) is 4.39. The molecule has 2 heterocycles. The van der Waals surface area contributed by atoms with E-state index in [2.05, 4.69) is 10.3 Å². The van der Waals surface area contributed by atoms with Crippen LogP contribution in [0.1, 0.15) is 24.2 Å². The third kappa shape index (κ3) is 4.26. The van der Waals surface area contributed by atoms with Gasteiger partial charge in [0.05, 0.1) is 16.8 Å². The van der Waals surface area contributed by atoms with Crippen LogP contribution in [0.15, 0.2) is 60.3 Å². The number of anilines is 1. The summed E-state index contributed by atoms with van der Waals surface area (Å²) in [7, 11) is 0. The normalized spacial score (nSPS) is 15.2. The van der Waals surface area contributed by atoms with Gasteiger partial charge in [-0.15, -0.1) is 0 Å². The molecule has 9 heteroatoms. The van der Waals surface area contributed by atoms with Gasteiger partial charge in [0.15, 0.2) is 5.57 Å². The number of nitrogens with one attached hydrogen (secondary N) is 1. The van der Waals surface area contributed by atoms with Gasteiger partial charge in [0.1, 0.15) is 0 Å². The number of hydrogen-bond donors (Lipinski definition) is 2. The zero-order chi connectivity index (χ0) is 23.0. The van der Waals surface area contributed by atoms with E-state index in [-0.39, 0.29) is 11.1 Å². The number of ether oxygens (including phenoxy) is 2. The van der Waals surface area contributed by atoms with Crippen LogP contribution in [0, 0.1) is 0 Å². The maximum Gasteiger partial charge on any atom is 0.350 e. The summed E-state index contributed by atoms with van der Waals surface area (Å²) in [4.78, 5) is 40.3. The Labute approximate surface area is 187 Å². The molecule has 2 N–H and O–H groups in total. The number of carbonyl (C=O) groups is 3. The summed E-state index contributed by atoms with van der Waals surface area (Å²) in [6, 6.07) is 13.2. The van der Waals surface area contributed by atoms with Crippen molar-refractivity contribution in [2.75, 3.05) is 5.32 Å². The van der Waals surface area contributed by atoms with Crippen LogP contribution in [0.25, 0.3) is 22.2 Å². The number of fused-ring (bicyclic) bond motifs is 1. The molecule has 0 unspecified atom stereocenters. The third-order valence-electron chi connectivity index (χ3n) is 4.68. The van der Waals surface area contributed by atoms with E-state index in [0.29, 0.717) is 32.9 Å². The van der Waals surface area contributed by atoms with E-state index in [1.165, 1.54) is 26.1 Å². The zero-order valence-corrected chi connectivity index (χ0v) is 17.8. The molecule has 1 saturated heterocycles. The number of halogens is 1. The van der Waals surface area contributed by atoms with Crippen molar-refractivity contribution in [3.05, 3.63) is 70.9 Å². The molecule has 162 valence electrons. The largest absolute Gasteiger partial charge is 0.478 e. The van der Waals surface area contributed by atoms with Crippen molar-refractivity contribution in [2.24, 2.45) is 0 Å². The minimum atomic E-state index is -1.31. The van der Waals surface area contributed by atoms with Gasteiger partial charge in [0, 0.05) is 41.7 Å². The molecule has 4 rings (SSSR count). The maximum absolute atomic E-state index is 12.0. The summed E-state index contributed by atoms with van der Waals surface area (Å²) < 4.78 is 10.1. The lowest BCUT2D eigenvalue weighted by molar-refractivity contribution is -0.222. The summed E-state index contributed by atoms with van der Waals surface area (Å²) in [5.74, 6) is -3.95. The number of carbonyl (C=O) groups excluding carboxylic acids is 2. The number of nitrogens with zero attached hydrogens (tertiary/aromatic N) is 1. The lowest BCUT2D eigenvalue weighted by atomic mass is 10.0. The molecule has 1 aromatic heterocycles. The summed E-state index contributed by atoms with van der Waals surface area (Å²) >= 11 is 6.00. The van der Waals surface area contributed by atoms with E-state index >= 15 is 0 Å². The Kier molecular flexibility index (Phi) is 5.31. The highest BCUT2D eigenvalue weighted by molar-refractivity contribution is 6.31.